The quantitative estimate of drug-likeness (QED) is 0.795. The fourth-order valence-electron chi connectivity index (χ4n) is 2.68. The molecular formula is C16H20O5. The molecule has 21 heavy (non-hydrogen) atoms. The lowest BCUT2D eigenvalue weighted by Crippen LogP contribution is -2.38. The summed E-state index contributed by atoms with van der Waals surface area (Å²) >= 11 is 0. The van der Waals surface area contributed by atoms with Gasteiger partial charge in [0.05, 0.1) is 19.6 Å². The van der Waals surface area contributed by atoms with Gasteiger partial charge in [0, 0.05) is 0 Å². The molecule has 2 heterocycles. The zero-order chi connectivity index (χ0) is 14.9. The van der Waals surface area contributed by atoms with Crippen LogP contribution in [0.1, 0.15) is 25.8 Å². The fourth-order valence-corrected chi connectivity index (χ4v) is 2.68. The monoisotopic (exact) mass is 292 g/mol. The topological polar surface area (TPSA) is 54.0 Å². The summed E-state index contributed by atoms with van der Waals surface area (Å²) in [4.78, 5) is 11.6. The van der Waals surface area contributed by atoms with Crippen LogP contribution in [0, 0.1) is 0 Å². The van der Waals surface area contributed by atoms with E-state index in [9.17, 15) is 4.79 Å². The van der Waals surface area contributed by atoms with E-state index in [1.54, 1.807) is 0 Å². The van der Waals surface area contributed by atoms with Gasteiger partial charge in [-0.3, -0.25) is 4.79 Å². The number of carbonyl (C=O) groups excluding carboxylic acids is 1. The van der Waals surface area contributed by atoms with Gasteiger partial charge in [-0.15, -0.1) is 0 Å². The second kappa shape index (κ2) is 5.75. The summed E-state index contributed by atoms with van der Waals surface area (Å²) in [7, 11) is 0. The van der Waals surface area contributed by atoms with Crippen LogP contribution >= 0.6 is 0 Å². The van der Waals surface area contributed by atoms with Crippen molar-refractivity contribution in [2.24, 2.45) is 0 Å². The fraction of sp³-hybridized carbons (Fsp3) is 0.562. The molecule has 0 spiro atoms. The SMILES string of the molecule is CC1(C)OC[C@H]([C@H]2OC(=O)C[C@H]2OCc2ccccc2)O1. The van der Waals surface area contributed by atoms with E-state index in [4.69, 9.17) is 18.9 Å². The molecular weight excluding hydrogens is 272 g/mol. The van der Waals surface area contributed by atoms with Crippen LogP contribution in [0.5, 0.6) is 0 Å². The van der Waals surface area contributed by atoms with Crippen LogP contribution in [0.25, 0.3) is 0 Å². The largest absolute Gasteiger partial charge is 0.457 e. The molecule has 3 rings (SSSR count). The Bertz CT molecular complexity index is 499. The molecule has 0 amide bonds. The molecule has 0 saturated carbocycles. The molecule has 0 aromatic heterocycles. The Labute approximate surface area is 124 Å². The number of rotatable bonds is 4. The van der Waals surface area contributed by atoms with Crippen molar-refractivity contribution in [2.75, 3.05) is 6.61 Å². The molecule has 1 aromatic rings. The first-order chi connectivity index (χ1) is 10.0. The molecule has 2 saturated heterocycles. The molecule has 2 aliphatic heterocycles. The van der Waals surface area contributed by atoms with Crippen LogP contribution < -0.4 is 0 Å². The maximum absolute atomic E-state index is 11.6. The zero-order valence-electron chi connectivity index (χ0n) is 12.3. The molecule has 3 atom stereocenters. The highest BCUT2D eigenvalue weighted by molar-refractivity contribution is 5.72. The van der Waals surface area contributed by atoms with Crippen molar-refractivity contribution >= 4 is 5.97 Å². The van der Waals surface area contributed by atoms with Gasteiger partial charge in [0.1, 0.15) is 12.2 Å². The summed E-state index contributed by atoms with van der Waals surface area (Å²) in [6, 6.07) is 9.86. The molecule has 2 fully saturated rings. The highest BCUT2D eigenvalue weighted by Gasteiger charge is 2.47. The lowest BCUT2D eigenvalue weighted by Gasteiger charge is -2.24. The van der Waals surface area contributed by atoms with Crippen molar-refractivity contribution in [1.82, 2.24) is 0 Å². The van der Waals surface area contributed by atoms with Gasteiger partial charge in [-0.05, 0) is 19.4 Å². The lowest BCUT2D eigenvalue weighted by atomic mass is 10.1. The van der Waals surface area contributed by atoms with Crippen molar-refractivity contribution in [3.8, 4) is 0 Å². The highest BCUT2D eigenvalue weighted by Crippen LogP contribution is 2.31. The Morgan fingerprint density at radius 1 is 1.29 bits per heavy atom. The van der Waals surface area contributed by atoms with Gasteiger partial charge in [-0.25, -0.2) is 0 Å². The van der Waals surface area contributed by atoms with Crippen molar-refractivity contribution in [3.63, 3.8) is 0 Å². The summed E-state index contributed by atoms with van der Waals surface area (Å²) in [5.41, 5.74) is 1.07. The summed E-state index contributed by atoms with van der Waals surface area (Å²) in [6.45, 7) is 4.57. The Balaban J connectivity index is 1.62. The summed E-state index contributed by atoms with van der Waals surface area (Å²) in [5.74, 6) is -0.879. The average molecular weight is 292 g/mol. The minimum absolute atomic E-state index is 0.244. The molecule has 0 unspecified atom stereocenters. The van der Waals surface area contributed by atoms with Gasteiger partial charge in [0.25, 0.3) is 0 Å². The minimum atomic E-state index is -0.635. The van der Waals surface area contributed by atoms with Crippen molar-refractivity contribution in [3.05, 3.63) is 35.9 Å². The smallest absolute Gasteiger partial charge is 0.309 e. The molecule has 114 valence electrons. The molecule has 5 heteroatoms. The number of carbonyl (C=O) groups is 1. The second-order valence-electron chi connectivity index (χ2n) is 5.86. The number of esters is 1. The third-order valence-electron chi connectivity index (χ3n) is 3.71. The summed E-state index contributed by atoms with van der Waals surface area (Å²) in [6.07, 6.45) is -0.701. The van der Waals surface area contributed by atoms with Gasteiger partial charge in [-0.2, -0.15) is 0 Å². The molecule has 1 aromatic carbocycles. The van der Waals surface area contributed by atoms with Gasteiger partial charge >= 0.3 is 5.97 Å². The number of hydrogen-bond acceptors (Lipinski definition) is 5. The van der Waals surface area contributed by atoms with Crippen molar-refractivity contribution in [2.45, 2.75) is 51.0 Å². The number of benzene rings is 1. The van der Waals surface area contributed by atoms with Gasteiger partial charge in [-0.1, -0.05) is 30.3 Å². The number of hydrogen-bond donors (Lipinski definition) is 0. The first-order valence-electron chi connectivity index (χ1n) is 7.20. The number of ether oxygens (including phenoxy) is 4. The minimum Gasteiger partial charge on any atom is -0.457 e. The predicted octanol–water partition coefficient (Wildman–Crippen LogP) is 2.04. The predicted molar refractivity (Wildman–Crippen MR) is 74.4 cm³/mol. The Kier molecular flexibility index (Phi) is 3.97. The first kappa shape index (κ1) is 14.5. The maximum Gasteiger partial charge on any atom is 0.309 e. The van der Waals surface area contributed by atoms with Crippen molar-refractivity contribution < 1.29 is 23.7 Å². The molecule has 0 aliphatic carbocycles. The van der Waals surface area contributed by atoms with E-state index in [0.29, 0.717) is 13.2 Å². The molecule has 0 radical (unpaired) electrons. The Morgan fingerprint density at radius 2 is 2.05 bits per heavy atom. The van der Waals surface area contributed by atoms with Gasteiger partial charge in [0.2, 0.25) is 0 Å². The van der Waals surface area contributed by atoms with Crippen LogP contribution in [0.3, 0.4) is 0 Å². The van der Waals surface area contributed by atoms with E-state index in [1.165, 1.54) is 0 Å². The van der Waals surface area contributed by atoms with Crippen LogP contribution in [-0.4, -0.2) is 36.7 Å². The second-order valence-corrected chi connectivity index (χ2v) is 5.86. The number of cyclic esters (lactones) is 1. The summed E-state index contributed by atoms with van der Waals surface area (Å²) < 4.78 is 22.6. The van der Waals surface area contributed by atoms with E-state index >= 15 is 0 Å². The highest BCUT2D eigenvalue weighted by atomic mass is 16.8. The molecule has 5 nitrogen and oxygen atoms in total. The summed E-state index contributed by atoms with van der Waals surface area (Å²) in [5, 5.41) is 0. The zero-order valence-corrected chi connectivity index (χ0v) is 12.3. The third-order valence-corrected chi connectivity index (χ3v) is 3.71. The maximum atomic E-state index is 11.6. The van der Waals surface area contributed by atoms with Crippen LogP contribution in [0.4, 0.5) is 0 Å². The van der Waals surface area contributed by atoms with Crippen LogP contribution in [0.2, 0.25) is 0 Å². The third kappa shape index (κ3) is 3.43. The van der Waals surface area contributed by atoms with E-state index in [2.05, 4.69) is 0 Å². The standard InChI is InChI=1S/C16H20O5/c1-16(2)19-10-13(21-16)15-12(8-14(17)20-15)18-9-11-6-4-3-5-7-11/h3-7,12-13,15H,8-10H2,1-2H3/t12-,13-,15+/m1/s1. The van der Waals surface area contributed by atoms with Gasteiger partial charge < -0.3 is 18.9 Å². The van der Waals surface area contributed by atoms with Gasteiger partial charge in [0.15, 0.2) is 11.9 Å². The van der Waals surface area contributed by atoms with E-state index in [0.717, 1.165) is 5.56 Å². The van der Waals surface area contributed by atoms with E-state index in [-0.39, 0.29) is 24.6 Å². The lowest BCUT2D eigenvalue weighted by molar-refractivity contribution is -0.168. The average Bonchev–Trinajstić information content (AvgIpc) is 3.00. The molecule has 2 aliphatic rings. The molecule has 0 bridgehead atoms. The Morgan fingerprint density at radius 3 is 2.71 bits per heavy atom. The Hall–Kier alpha value is -1.43. The first-order valence-corrected chi connectivity index (χ1v) is 7.20. The van der Waals surface area contributed by atoms with Crippen LogP contribution in [0.15, 0.2) is 30.3 Å². The normalized spacial score (nSPS) is 31.3. The molecule has 0 N–H and O–H groups in total. The van der Waals surface area contributed by atoms with Crippen LogP contribution in [-0.2, 0) is 30.3 Å². The van der Waals surface area contributed by atoms with E-state index < -0.39 is 11.9 Å². The van der Waals surface area contributed by atoms with Crippen molar-refractivity contribution in [1.29, 1.82) is 0 Å². The van der Waals surface area contributed by atoms with E-state index in [1.807, 2.05) is 44.2 Å².